The highest BCUT2D eigenvalue weighted by atomic mass is 79.9. The lowest BCUT2D eigenvalue weighted by Gasteiger charge is -2.25. The van der Waals surface area contributed by atoms with Gasteiger partial charge in [-0.15, -0.1) is 0 Å². The van der Waals surface area contributed by atoms with Gasteiger partial charge in [-0.05, 0) is 41.4 Å². The number of carbonyl (C=O) groups excluding carboxylic acids is 1. The van der Waals surface area contributed by atoms with Gasteiger partial charge in [-0.1, -0.05) is 29.7 Å². The molecule has 5 nitrogen and oxygen atoms in total. The summed E-state index contributed by atoms with van der Waals surface area (Å²) in [4.78, 5) is 12.3. The van der Waals surface area contributed by atoms with Crippen molar-refractivity contribution in [2.45, 2.75) is 20.3 Å². The van der Waals surface area contributed by atoms with Crippen LogP contribution in [-0.2, 0) is 4.79 Å². The van der Waals surface area contributed by atoms with E-state index in [0.717, 1.165) is 0 Å². The van der Waals surface area contributed by atoms with E-state index in [-0.39, 0.29) is 11.7 Å². The molecule has 1 aromatic carbocycles. The lowest BCUT2D eigenvalue weighted by Crippen LogP contribution is -2.44. The van der Waals surface area contributed by atoms with Crippen molar-refractivity contribution in [2.24, 2.45) is 16.3 Å². The van der Waals surface area contributed by atoms with Crippen molar-refractivity contribution in [2.75, 3.05) is 5.32 Å². The lowest BCUT2D eigenvalue weighted by atomic mass is 9.85. The molecule has 1 unspecified atom stereocenters. The van der Waals surface area contributed by atoms with Gasteiger partial charge in [0.2, 0.25) is 5.91 Å². The molecule has 0 aliphatic rings. The van der Waals surface area contributed by atoms with Gasteiger partial charge in [0.15, 0.2) is 5.84 Å². The van der Waals surface area contributed by atoms with Gasteiger partial charge in [0.1, 0.15) is 5.41 Å². The van der Waals surface area contributed by atoms with Crippen molar-refractivity contribution in [3.05, 3.63) is 27.7 Å². The number of nitrogens with zero attached hydrogens (tertiary/aromatic N) is 1. The highest BCUT2D eigenvalue weighted by Crippen LogP contribution is 2.32. The van der Waals surface area contributed by atoms with Crippen LogP contribution in [-0.4, -0.2) is 17.0 Å². The molecule has 0 saturated carbocycles. The van der Waals surface area contributed by atoms with Crippen LogP contribution in [0.15, 0.2) is 27.8 Å². The first-order valence-corrected chi connectivity index (χ1v) is 6.77. The van der Waals surface area contributed by atoms with Gasteiger partial charge in [-0.2, -0.15) is 0 Å². The number of anilines is 1. The molecule has 1 atom stereocenters. The van der Waals surface area contributed by atoms with E-state index in [2.05, 4.69) is 26.4 Å². The predicted molar refractivity (Wildman–Crippen MR) is 79.6 cm³/mol. The Balaban J connectivity index is 3.05. The van der Waals surface area contributed by atoms with Crippen molar-refractivity contribution in [3.63, 3.8) is 0 Å². The molecule has 1 aromatic rings. The lowest BCUT2D eigenvalue weighted by molar-refractivity contribution is -0.121. The Bertz CT molecular complexity index is 522. The van der Waals surface area contributed by atoms with Crippen LogP contribution in [0.4, 0.5) is 5.69 Å². The molecule has 1 amide bonds. The van der Waals surface area contributed by atoms with Crippen molar-refractivity contribution >= 4 is 45.0 Å². The van der Waals surface area contributed by atoms with Crippen LogP contribution < -0.4 is 11.1 Å². The van der Waals surface area contributed by atoms with E-state index < -0.39 is 5.41 Å². The maximum Gasteiger partial charge on any atom is 0.238 e. The fourth-order valence-corrected chi connectivity index (χ4v) is 1.97. The number of amides is 1. The maximum atomic E-state index is 12.3. The number of nitrogens with two attached hydrogens (primary N) is 1. The number of amidine groups is 1. The summed E-state index contributed by atoms with van der Waals surface area (Å²) in [6, 6.07) is 5.12. The number of hydrogen-bond donors (Lipinski definition) is 3. The molecule has 4 N–H and O–H groups in total. The number of carbonyl (C=O) groups is 1. The van der Waals surface area contributed by atoms with Crippen LogP contribution in [0.3, 0.4) is 0 Å². The van der Waals surface area contributed by atoms with Gasteiger partial charge < -0.3 is 16.3 Å². The number of benzene rings is 1. The quantitative estimate of drug-likeness (QED) is 0.338. The first-order valence-electron chi connectivity index (χ1n) is 5.60. The second kappa shape index (κ2) is 6.25. The second-order valence-electron chi connectivity index (χ2n) is 4.23. The van der Waals surface area contributed by atoms with Gasteiger partial charge in [-0.3, -0.25) is 4.79 Å². The third kappa shape index (κ3) is 3.19. The van der Waals surface area contributed by atoms with Crippen molar-refractivity contribution in [3.8, 4) is 0 Å². The zero-order valence-corrected chi connectivity index (χ0v) is 12.9. The molecular formula is C12H15BrClN3O2. The summed E-state index contributed by atoms with van der Waals surface area (Å²) in [6.45, 7) is 3.39. The molecule has 1 rings (SSSR count). The molecule has 0 saturated heterocycles. The van der Waals surface area contributed by atoms with Gasteiger partial charge >= 0.3 is 0 Å². The van der Waals surface area contributed by atoms with Crippen molar-refractivity contribution in [1.82, 2.24) is 0 Å². The Labute approximate surface area is 124 Å². The highest BCUT2D eigenvalue weighted by molar-refractivity contribution is 9.10. The Morgan fingerprint density at radius 2 is 2.26 bits per heavy atom. The van der Waals surface area contributed by atoms with E-state index >= 15 is 0 Å². The third-order valence-electron chi connectivity index (χ3n) is 3.08. The van der Waals surface area contributed by atoms with E-state index in [9.17, 15) is 4.79 Å². The number of oxime groups is 1. The van der Waals surface area contributed by atoms with E-state index in [4.69, 9.17) is 22.5 Å². The monoisotopic (exact) mass is 347 g/mol. The molecule has 0 aromatic heterocycles. The van der Waals surface area contributed by atoms with Gasteiger partial charge in [0.25, 0.3) is 0 Å². The summed E-state index contributed by atoms with van der Waals surface area (Å²) in [5.41, 5.74) is 5.03. The SMILES string of the molecule is CCC(C)(C(=O)Nc1cccc(Cl)c1Br)/C(N)=N/O. The fourth-order valence-electron chi connectivity index (χ4n) is 1.43. The molecule has 0 radical (unpaired) electrons. The zero-order chi connectivity index (χ0) is 14.6. The molecule has 0 heterocycles. The minimum absolute atomic E-state index is 0.134. The Morgan fingerprint density at radius 3 is 2.79 bits per heavy atom. The minimum atomic E-state index is -1.09. The van der Waals surface area contributed by atoms with Crippen LogP contribution in [0, 0.1) is 5.41 Å². The van der Waals surface area contributed by atoms with Crippen LogP contribution in [0.1, 0.15) is 20.3 Å². The first-order chi connectivity index (χ1) is 8.86. The standard InChI is InChI=1S/C12H15BrClN3O2/c1-3-12(2,10(15)17-19)11(18)16-8-6-4-5-7(14)9(8)13/h4-6,19H,3H2,1-2H3,(H2,15,17)(H,16,18). The minimum Gasteiger partial charge on any atom is -0.409 e. The fraction of sp³-hybridized carbons (Fsp3) is 0.333. The molecule has 0 aliphatic carbocycles. The van der Waals surface area contributed by atoms with Gasteiger partial charge in [0.05, 0.1) is 15.2 Å². The summed E-state index contributed by atoms with van der Waals surface area (Å²) >= 11 is 9.24. The van der Waals surface area contributed by atoms with Crippen molar-refractivity contribution in [1.29, 1.82) is 0 Å². The molecule has 0 bridgehead atoms. The van der Waals surface area contributed by atoms with Crippen LogP contribution in [0.2, 0.25) is 5.02 Å². The van der Waals surface area contributed by atoms with Gasteiger partial charge in [0, 0.05) is 0 Å². The molecule has 0 fully saturated rings. The number of halogens is 2. The average molecular weight is 349 g/mol. The summed E-state index contributed by atoms with van der Waals surface area (Å²) < 4.78 is 0.586. The number of rotatable bonds is 4. The maximum absolute atomic E-state index is 12.3. The summed E-state index contributed by atoms with van der Waals surface area (Å²) in [6.07, 6.45) is 0.396. The zero-order valence-electron chi connectivity index (χ0n) is 10.6. The van der Waals surface area contributed by atoms with Crippen LogP contribution in [0.5, 0.6) is 0 Å². The number of nitrogens with one attached hydrogen (secondary N) is 1. The highest BCUT2D eigenvalue weighted by Gasteiger charge is 2.36. The third-order valence-corrected chi connectivity index (χ3v) is 4.48. The first kappa shape index (κ1) is 15.8. The normalized spacial score (nSPS) is 14.8. The molecule has 104 valence electrons. The van der Waals surface area contributed by atoms with Crippen LogP contribution >= 0.6 is 27.5 Å². The van der Waals surface area contributed by atoms with Crippen molar-refractivity contribution < 1.29 is 10.0 Å². The van der Waals surface area contributed by atoms with E-state index in [1.807, 2.05) is 0 Å². The molecular weight excluding hydrogens is 334 g/mol. The second-order valence-corrected chi connectivity index (χ2v) is 5.43. The number of hydrogen-bond acceptors (Lipinski definition) is 3. The molecule has 19 heavy (non-hydrogen) atoms. The van der Waals surface area contributed by atoms with E-state index in [0.29, 0.717) is 21.6 Å². The Kier molecular flexibility index (Phi) is 5.20. The molecule has 0 spiro atoms. The van der Waals surface area contributed by atoms with Gasteiger partial charge in [-0.25, -0.2) is 0 Å². The predicted octanol–water partition coefficient (Wildman–Crippen LogP) is 3.20. The van der Waals surface area contributed by atoms with E-state index in [1.54, 1.807) is 32.0 Å². The Morgan fingerprint density at radius 1 is 1.63 bits per heavy atom. The van der Waals surface area contributed by atoms with Crippen LogP contribution in [0.25, 0.3) is 0 Å². The largest absolute Gasteiger partial charge is 0.409 e. The Hall–Kier alpha value is -1.27. The summed E-state index contributed by atoms with van der Waals surface area (Å²) in [5.74, 6) is -0.501. The summed E-state index contributed by atoms with van der Waals surface area (Å²) in [7, 11) is 0. The topological polar surface area (TPSA) is 87.7 Å². The summed E-state index contributed by atoms with van der Waals surface area (Å²) in [5, 5.41) is 14.9. The van der Waals surface area contributed by atoms with E-state index in [1.165, 1.54) is 0 Å². The smallest absolute Gasteiger partial charge is 0.238 e. The molecule has 0 aliphatic heterocycles. The molecule has 7 heteroatoms. The average Bonchev–Trinajstić information content (AvgIpc) is 2.41.